The molecule has 1 nitrogen and oxygen atoms in total. The van der Waals surface area contributed by atoms with Crippen LogP contribution >= 0.6 is 7.26 Å². The van der Waals surface area contributed by atoms with E-state index < -0.39 is 18.1 Å². The Morgan fingerprint density at radius 2 is 0.966 bits per heavy atom. The third-order valence-electron chi connectivity index (χ3n) is 5.27. The molecule has 0 aliphatic rings. The van der Waals surface area contributed by atoms with Crippen LogP contribution in [-0.2, 0) is 17.0 Å². The van der Waals surface area contributed by atoms with Crippen molar-refractivity contribution in [2.75, 3.05) is 6.26 Å². The Balaban J connectivity index is 1.93. The summed E-state index contributed by atoms with van der Waals surface area (Å²) in [6.45, 7) is 0. The first-order chi connectivity index (χ1) is 14.2. The molecule has 4 aromatic carbocycles. The highest BCUT2D eigenvalue weighted by atomic mass is 32.2. The van der Waals surface area contributed by atoms with Crippen LogP contribution in [0.1, 0.15) is 5.56 Å². The summed E-state index contributed by atoms with van der Waals surface area (Å²) in [4.78, 5) is 0.872. The van der Waals surface area contributed by atoms with Gasteiger partial charge in [-0.1, -0.05) is 66.7 Å². The molecule has 4 rings (SSSR count). The van der Waals surface area contributed by atoms with Crippen molar-refractivity contribution in [1.82, 2.24) is 0 Å². The van der Waals surface area contributed by atoms with Crippen LogP contribution in [0.2, 0.25) is 0 Å². The van der Waals surface area contributed by atoms with Gasteiger partial charge >= 0.3 is 0 Å². The Morgan fingerprint density at radius 3 is 1.31 bits per heavy atom. The van der Waals surface area contributed by atoms with Crippen molar-refractivity contribution in [2.45, 2.75) is 11.1 Å². The van der Waals surface area contributed by atoms with E-state index in [-0.39, 0.29) is 0 Å². The second-order valence-electron chi connectivity index (χ2n) is 7.07. The standard InChI is InChI=1S/C26H24OPS/c1-29(27)26-19-17-22(18-20-26)21-28(23-11-5-2-6-12-23,24-13-7-3-8-14-24)25-15-9-4-10-16-25/h2-20H,21H2,1H3/q+1. The average Bonchev–Trinajstić information content (AvgIpc) is 2.79. The lowest BCUT2D eigenvalue weighted by molar-refractivity contribution is 0.687. The zero-order valence-corrected chi connectivity index (χ0v) is 18.2. The van der Waals surface area contributed by atoms with Gasteiger partial charge in [-0.05, 0) is 54.1 Å². The fourth-order valence-electron chi connectivity index (χ4n) is 3.83. The van der Waals surface area contributed by atoms with E-state index >= 15 is 0 Å². The predicted octanol–water partition coefficient (Wildman–Crippen LogP) is 4.92. The zero-order chi connectivity index (χ0) is 20.1. The Bertz CT molecular complexity index is 981. The summed E-state index contributed by atoms with van der Waals surface area (Å²) in [5.74, 6) is 0. The van der Waals surface area contributed by atoms with Gasteiger partial charge in [-0.2, -0.15) is 0 Å². The molecular weight excluding hydrogens is 391 g/mol. The number of hydrogen-bond donors (Lipinski definition) is 0. The third kappa shape index (κ3) is 4.10. The molecule has 4 aromatic rings. The predicted molar refractivity (Wildman–Crippen MR) is 128 cm³/mol. The molecule has 0 saturated heterocycles. The largest absolute Gasteiger partial charge is 0.255 e. The van der Waals surface area contributed by atoms with E-state index in [1.165, 1.54) is 21.5 Å². The number of hydrogen-bond acceptors (Lipinski definition) is 1. The third-order valence-corrected chi connectivity index (χ3v) is 10.6. The highest BCUT2D eigenvalue weighted by molar-refractivity contribution is 7.95. The van der Waals surface area contributed by atoms with Gasteiger partial charge in [0.05, 0.1) is 6.16 Å². The maximum Gasteiger partial charge on any atom is 0.116 e. The molecule has 0 aliphatic carbocycles. The Labute approximate surface area is 176 Å². The fraction of sp³-hybridized carbons (Fsp3) is 0.0769. The van der Waals surface area contributed by atoms with Crippen LogP contribution < -0.4 is 15.9 Å². The van der Waals surface area contributed by atoms with E-state index in [2.05, 4.69) is 103 Å². The summed E-state index contributed by atoms with van der Waals surface area (Å²) in [5, 5.41) is 4.13. The van der Waals surface area contributed by atoms with Crippen molar-refractivity contribution in [1.29, 1.82) is 0 Å². The van der Waals surface area contributed by atoms with Crippen molar-refractivity contribution in [3.63, 3.8) is 0 Å². The lowest BCUT2D eigenvalue weighted by Crippen LogP contribution is -2.32. The molecule has 29 heavy (non-hydrogen) atoms. The van der Waals surface area contributed by atoms with Crippen molar-refractivity contribution in [3.8, 4) is 0 Å². The first kappa shape index (κ1) is 19.8. The summed E-state index contributed by atoms with van der Waals surface area (Å²) in [5.41, 5.74) is 1.27. The fourth-order valence-corrected chi connectivity index (χ4v) is 8.59. The lowest BCUT2D eigenvalue weighted by atomic mass is 10.2. The van der Waals surface area contributed by atoms with Crippen LogP contribution in [0.3, 0.4) is 0 Å². The maximum atomic E-state index is 11.8. The minimum absolute atomic E-state index is 0.872. The molecule has 0 amide bonds. The molecule has 0 aliphatic heterocycles. The summed E-state index contributed by atoms with van der Waals surface area (Å²) >= 11 is 0. The summed E-state index contributed by atoms with van der Waals surface area (Å²) in [6.07, 6.45) is 2.66. The van der Waals surface area contributed by atoms with Crippen LogP contribution in [0.5, 0.6) is 0 Å². The van der Waals surface area contributed by atoms with E-state index in [1.807, 2.05) is 12.1 Å². The van der Waals surface area contributed by atoms with Gasteiger partial charge in [0.25, 0.3) is 0 Å². The minimum Gasteiger partial charge on any atom is -0.255 e. The lowest BCUT2D eigenvalue weighted by Gasteiger charge is -2.27. The van der Waals surface area contributed by atoms with Gasteiger partial charge in [-0.25, -0.2) is 0 Å². The summed E-state index contributed by atoms with van der Waals surface area (Å²) in [6, 6.07) is 41.0. The van der Waals surface area contributed by atoms with E-state index in [4.69, 9.17) is 0 Å². The molecule has 0 bridgehead atoms. The molecule has 1 unspecified atom stereocenters. The van der Waals surface area contributed by atoms with E-state index in [9.17, 15) is 4.21 Å². The molecule has 144 valence electrons. The Hall–Kier alpha value is -2.54. The number of rotatable bonds is 6. The van der Waals surface area contributed by atoms with Crippen molar-refractivity contribution in [2.24, 2.45) is 0 Å². The molecule has 0 N–H and O–H groups in total. The SMILES string of the molecule is CS(=O)c1ccc(C[P+](c2ccccc2)(c2ccccc2)c2ccccc2)cc1. The molecule has 0 aromatic heterocycles. The van der Waals surface area contributed by atoms with Crippen molar-refractivity contribution >= 4 is 34.0 Å². The molecule has 0 spiro atoms. The molecule has 0 fully saturated rings. The van der Waals surface area contributed by atoms with Crippen LogP contribution in [0.25, 0.3) is 0 Å². The van der Waals surface area contributed by atoms with E-state index in [1.54, 1.807) is 6.26 Å². The highest BCUT2D eigenvalue weighted by Gasteiger charge is 2.45. The van der Waals surface area contributed by atoms with Gasteiger partial charge in [-0.15, -0.1) is 0 Å². The van der Waals surface area contributed by atoms with E-state index in [0.29, 0.717) is 0 Å². The quantitative estimate of drug-likeness (QED) is 0.409. The minimum atomic E-state index is -1.89. The van der Waals surface area contributed by atoms with Crippen molar-refractivity contribution < 1.29 is 4.21 Å². The molecule has 1 atom stereocenters. The monoisotopic (exact) mass is 415 g/mol. The van der Waals surface area contributed by atoms with Crippen LogP contribution in [0.15, 0.2) is 120 Å². The number of benzene rings is 4. The highest BCUT2D eigenvalue weighted by Crippen LogP contribution is 2.58. The van der Waals surface area contributed by atoms with Gasteiger partial charge < -0.3 is 0 Å². The topological polar surface area (TPSA) is 17.1 Å². The molecular formula is C26H24OPS+. The average molecular weight is 416 g/mol. The first-order valence-corrected chi connectivity index (χ1v) is 13.2. The Morgan fingerprint density at radius 1 is 0.586 bits per heavy atom. The van der Waals surface area contributed by atoms with Crippen LogP contribution in [-0.4, -0.2) is 10.5 Å². The van der Waals surface area contributed by atoms with E-state index in [0.717, 1.165) is 11.1 Å². The molecule has 3 heteroatoms. The molecule has 0 heterocycles. The normalized spacial score (nSPS) is 12.4. The second kappa shape index (κ2) is 8.86. The molecule has 0 saturated carbocycles. The molecule has 0 radical (unpaired) electrons. The van der Waals surface area contributed by atoms with Crippen LogP contribution in [0.4, 0.5) is 0 Å². The van der Waals surface area contributed by atoms with Gasteiger partial charge in [0.15, 0.2) is 0 Å². The first-order valence-electron chi connectivity index (χ1n) is 9.67. The zero-order valence-electron chi connectivity index (χ0n) is 16.4. The maximum absolute atomic E-state index is 11.8. The van der Waals surface area contributed by atoms with Gasteiger partial charge in [0, 0.05) is 22.0 Å². The van der Waals surface area contributed by atoms with Gasteiger partial charge in [-0.3, -0.25) is 4.21 Å². The summed E-state index contributed by atoms with van der Waals surface area (Å²) < 4.78 is 11.8. The smallest absolute Gasteiger partial charge is 0.116 e. The van der Waals surface area contributed by atoms with Gasteiger partial charge in [0.1, 0.15) is 23.2 Å². The van der Waals surface area contributed by atoms with Crippen LogP contribution in [0, 0.1) is 0 Å². The second-order valence-corrected chi connectivity index (χ2v) is 11.9. The summed E-state index contributed by atoms with van der Waals surface area (Å²) in [7, 11) is -2.85. The van der Waals surface area contributed by atoms with Gasteiger partial charge in [0.2, 0.25) is 0 Å². The van der Waals surface area contributed by atoms with Crippen molar-refractivity contribution in [3.05, 3.63) is 121 Å². The Kier molecular flexibility index (Phi) is 6.04.